The first-order valence-electron chi connectivity index (χ1n) is 11.5. The number of aliphatic hydroxyl groups is 2. The van der Waals surface area contributed by atoms with Gasteiger partial charge in [0, 0.05) is 23.7 Å². The van der Waals surface area contributed by atoms with Gasteiger partial charge in [-0.2, -0.15) is 0 Å². The molecule has 2 N–H and O–H groups in total. The zero-order valence-electron chi connectivity index (χ0n) is 19.5. The molecule has 0 radical (unpaired) electrons. The van der Waals surface area contributed by atoms with Gasteiger partial charge >= 0.3 is 11.9 Å². The number of hydrogen-bond donors (Lipinski definition) is 2. The van der Waals surface area contributed by atoms with E-state index >= 15 is 0 Å². The lowest BCUT2D eigenvalue weighted by Crippen LogP contribution is -2.63. The number of hydrogen-bond acceptors (Lipinski definition) is 8. The van der Waals surface area contributed by atoms with Crippen molar-refractivity contribution in [3.8, 4) is 0 Å². The summed E-state index contributed by atoms with van der Waals surface area (Å²) in [5.74, 6) is -3.05. The zero-order chi connectivity index (χ0) is 24.3. The summed E-state index contributed by atoms with van der Waals surface area (Å²) in [7, 11) is 1.31. The number of fused-ring (bicyclic) bond motifs is 5. The summed E-state index contributed by atoms with van der Waals surface area (Å²) in [6, 6.07) is 0. The second-order valence-electron chi connectivity index (χ2n) is 10.5. The van der Waals surface area contributed by atoms with Crippen LogP contribution in [0.15, 0.2) is 23.8 Å². The van der Waals surface area contributed by atoms with Crippen LogP contribution in [0.25, 0.3) is 0 Å². The summed E-state index contributed by atoms with van der Waals surface area (Å²) < 4.78 is 9.94. The molecule has 4 aliphatic carbocycles. The number of aliphatic hydroxyl groups excluding tert-OH is 1. The van der Waals surface area contributed by atoms with E-state index in [1.165, 1.54) is 26.2 Å². The molecule has 8 heteroatoms. The van der Waals surface area contributed by atoms with Gasteiger partial charge in [0.2, 0.25) is 5.78 Å². The predicted molar refractivity (Wildman–Crippen MR) is 115 cm³/mol. The molecule has 8 atom stereocenters. The fourth-order valence-corrected chi connectivity index (χ4v) is 7.53. The first kappa shape index (κ1) is 23.8. The van der Waals surface area contributed by atoms with Gasteiger partial charge in [-0.05, 0) is 55.2 Å². The van der Waals surface area contributed by atoms with E-state index in [9.17, 15) is 29.4 Å². The monoisotopic (exact) mass is 460 g/mol. The highest BCUT2D eigenvalue weighted by molar-refractivity contribution is 6.02. The summed E-state index contributed by atoms with van der Waals surface area (Å²) >= 11 is 0. The number of Topliss-reactive ketones (excluding diaryl/α,β-unsaturated/α-hetero) is 1. The number of rotatable bonds is 4. The maximum atomic E-state index is 13.0. The molecule has 8 nitrogen and oxygen atoms in total. The first-order valence-corrected chi connectivity index (χ1v) is 11.5. The van der Waals surface area contributed by atoms with E-state index in [4.69, 9.17) is 9.47 Å². The highest BCUT2D eigenvalue weighted by Crippen LogP contribution is 2.67. The van der Waals surface area contributed by atoms with E-state index in [1.54, 1.807) is 6.08 Å². The largest absolute Gasteiger partial charge is 0.469 e. The van der Waals surface area contributed by atoms with E-state index in [1.807, 2.05) is 13.8 Å². The summed E-state index contributed by atoms with van der Waals surface area (Å²) in [4.78, 5) is 49.2. The number of ether oxygens (including phenoxy) is 2. The maximum Gasteiger partial charge on any atom is 0.312 e. The molecular weight excluding hydrogens is 428 g/mol. The highest BCUT2D eigenvalue weighted by atomic mass is 16.5. The standard InChI is InChI=1S/C25H32O8/c1-13(26)33-12-20(29)25(31)8-6-17-15-10-16(22(30)32-4)18-9-14(27)5-7-23(18,2)21(15)19(28)11-24(17,25)3/h5,7,9,15-17,19,21,28,31H,6,8,10-12H2,1-4H3/t15-,16+,17-,19-,21+,23-,24-,25-/m0/s1. The third kappa shape index (κ3) is 3.33. The minimum atomic E-state index is -1.74. The Balaban J connectivity index is 1.75. The topological polar surface area (TPSA) is 127 Å². The number of carbonyl (C=O) groups is 4. The van der Waals surface area contributed by atoms with E-state index in [0.29, 0.717) is 18.4 Å². The van der Waals surface area contributed by atoms with E-state index < -0.39 is 52.8 Å². The third-order valence-electron chi connectivity index (χ3n) is 9.05. The third-order valence-corrected chi connectivity index (χ3v) is 9.05. The Hall–Kier alpha value is -2.32. The minimum absolute atomic E-state index is 0.145. The lowest BCUT2D eigenvalue weighted by molar-refractivity contribution is -0.184. The van der Waals surface area contributed by atoms with Crippen molar-refractivity contribution in [1.82, 2.24) is 0 Å². The molecule has 4 rings (SSSR count). The smallest absolute Gasteiger partial charge is 0.312 e. The molecule has 3 saturated carbocycles. The van der Waals surface area contributed by atoms with Crippen molar-refractivity contribution in [2.45, 2.75) is 58.2 Å². The molecule has 0 aromatic heterocycles. The SMILES string of the molecule is COC(=O)[C@@H]1C[C@@H]2[C@H]([C@@H](O)C[C@@]3(C)[C@H]2CC[C@]3(O)C(=O)COC(C)=O)[C@@]2(C)C=CC(=O)C=C12. The number of carbonyl (C=O) groups excluding carboxylic acids is 4. The molecule has 3 fully saturated rings. The molecule has 180 valence electrons. The van der Waals surface area contributed by atoms with Crippen LogP contribution >= 0.6 is 0 Å². The number of methoxy groups -OCH3 is 1. The average Bonchev–Trinajstić information content (AvgIpc) is 3.02. The van der Waals surface area contributed by atoms with E-state index in [0.717, 1.165) is 0 Å². The first-order chi connectivity index (χ1) is 15.4. The second kappa shape index (κ2) is 7.87. The van der Waals surface area contributed by atoms with Crippen LogP contribution in [0.3, 0.4) is 0 Å². The number of ketones is 2. The quantitative estimate of drug-likeness (QED) is 0.605. The van der Waals surface area contributed by atoms with Gasteiger partial charge in [-0.15, -0.1) is 0 Å². The van der Waals surface area contributed by atoms with Crippen LogP contribution in [0.2, 0.25) is 0 Å². The van der Waals surface area contributed by atoms with Gasteiger partial charge in [-0.3, -0.25) is 19.2 Å². The Morgan fingerprint density at radius 3 is 2.58 bits per heavy atom. The number of esters is 2. The van der Waals surface area contributed by atoms with Crippen molar-refractivity contribution in [3.63, 3.8) is 0 Å². The maximum absolute atomic E-state index is 13.0. The van der Waals surface area contributed by atoms with Crippen molar-refractivity contribution >= 4 is 23.5 Å². The normalized spacial score (nSPS) is 43.6. The van der Waals surface area contributed by atoms with Crippen molar-refractivity contribution in [3.05, 3.63) is 23.8 Å². The fraction of sp³-hybridized carbons (Fsp3) is 0.680. The highest BCUT2D eigenvalue weighted by Gasteiger charge is 2.69. The molecule has 4 aliphatic rings. The van der Waals surface area contributed by atoms with E-state index in [-0.39, 0.29) is 36.4 Å². The van der Waals surface area contributed by atoms with Crippen molar-refractivity contribution in [1.29, 1.82) is 0 Å². The average molecular weight is 461 g/mol. The van der Waals surface area contributed by atoms with Gasteiger partial charge < -0.3 is 19.7 Å². The molecule has 0 aliphatic heterocycles. The molecule has 0 saturated heterocycles. The molecule has 0 aromatic rings. The van der Waals surface area contributed by atoms with Crippen LogP contribution in [0.1, 0.15) is 46.5 Å². The Kier molecular flexibility index (Phi) is 5.69. The molecular formula is C25H32O8. The van der Waals surface area contributed by atoms with Crippen molar-refractivity contribution in [2.24, 2.45) is 34.5 Å². The lowest BCUT2D eigenvalue weighted by Gasteiger charge is -2.60. The van der Waals surface area contributed by atoms with Gasteiger partial charge in [0.25, 0.3) is 0 Å². The summed E-state index contributed by atoms with van der Waals surface area (Å²) in [6.45, 7) is 4.44. The van der Waals surface area contributed by atoms with Gasteiger partial charge in [-0.25, -0.2) is 0 Å². The van der Waals surface area contributed by atoms with Crippen LogP contribution in [0, 0.1) is 34.5 Å². The molecule has 0 heterocycles. The summed E-state index contributed by atoms with van der Waals surface area (Å²) in [5.41, 5.74) is -2.75. The molecule has 0 bridgehead atoms. The van der Waals surface area contributed by atoms with Crippen molar-refractivity contribution < 1.29 is 38.9 Å². The van der Waals surface area contributed by atoms with Gasteiger partial charge in [0.05, 0.1) is 19.1 Å². The molecule has 0 spiro atoms. The lowest BCUT2D eigenvalue weighted by atomic mass is 9.44. The Labute approximate surface area is 193 Å². The Morgan fingerprint density at radius 1 is 1.24 bits per heavy atom. The van der Waals surface area contributed by atoms with E-state index in [2.05, 4.69) is 0 Å². The Morgan fingerprint density at radius 2 is 1.94 bits per heavy atom. The molecule has 0 aromatic carbocycles. The second-order valence-corrected chi connectivity index (χ2v) is 10.5. The zero-order valence-corrected chi connectivity index (χ0v) is 19.5. The van der Waals surface area contributed by atoms with Crippen LogP contribution < -0.4 is 0 Å². The minimum Gasteiger partial charge on any atom is -0.469 e. The van der Waals surface area contributed by atoms with Crippen LogP contribution in [-0.2, 0) is 28.7 Å². The number of allylic oxidation sites excluding steroid dienone is 3. The van der Waals surface area contributed by atoms with Crippen LogP contribution in [0.5, 0.6) is 0 Å². The van der Waals surface area contributed by atoms with Crippen LogP contribution in [0.4, 0.5) is 0 Å². The molecule has 0 amide bonds. The predicted octanol–water partition coefficient (Wildman–Crippen LogP) is 1.53. The van der Waals surface area contributed by atoms with Crippen molar-refractivity contribution in [2.75, 3.05) is 13.7 Å². The Bertz CT molecular complexity index is 965. The van der Waals surface area contributed by atoms with Gasteiger partial charge in [0.15, 0.2) is 12.4 Å². The van der Waals surface area contributed by atoms with Gasteiger partial charge in [0.1, 0.15) is 5.60 Å². The summed E-state index contributed by atoms with van der Waals surface area (Å²) in [6.07, 6.45) is 5.18. The summed E-state index contributed by atoms with van der Waals surface area (Å²) in [5, 5.41) is 23.0. The molecule has 0 unspecified atom stereocenters. The van der Waals surface area contributed by atoms with Crippen LogP contribution in [-0.4, -0.2) is 59.1 Å². The van der Waals surface area contributed by atoms with Gasteiger partial charge in [-0.1, -0.05) is 19.9 Å². The fourth-order valence-electron chi connectivity index (χ4n) is 7.53. The molecule has 33 heavy (non-hydrogen) atoms.